The number of phenols is 1. The Kier molecular flexibility index (Phi) is 8.27. The number of nitrogens with zero attached hydrogens (tertiary/aromatic N) is 2. The number of likely N-dealkylation sites (tertiary alicyclic amines) is 1. The van der Waals surface area contributed by atoms with Gasteiger partial charge in [0.05, 0.1) is 13.7 Å². The standard InChI is InChI=1S/C19H30N4O2.HI/c1-3-20-19(21-13-14-5-4-6-17(25-2)18(14)24)22-15-9-11-23(12-10-15)16-7-8-16;/h4-6,15-16,24H,3,7-13H2,1-2H3,(H2,20,21,22);1H. The number of benzene rings is 1. The van der Waals surface area contributed by atoms with Crippen molar-refractivity contribution in [2.24, 2.45) is 4.99 Å². The van der Waals surface area contributed by atoms with Crippen LogP contribution in [0.4, 0.5) is 0 Å². The van der Waals surface area contributed by atoms with Gasteiger partial charge >= 0.3 is 0 Å². The highest BCUT2D eigenvalue weighted by atomic mass is 127. The Labute approximate surface area is 173 Å². The molecule has 1 heterocycles. The van der Waals surface area contributed by atoms with Gasteiger partial charge in [-0.2, -0.15) is 0 Å². The van der Waals surface area contributed by atoms with Crippen molar-refractivity contribution < 1.29 is 9.84 Å². The molecule has 0 radical (unpaired) electrons. The number of nitrogens with one attached hydrogen (secondary N) is 2. The van der Waals surface area contributed by atoms with Gasteiger partial charge in [0.15, 0.2) is 17.5 Å². The summed E-state index contributed by atoms with van der Waals surface area (Å²) in [6.07, 6.45) is 5.08. The maximum Gasteiger partial charge on any atom is 0.191 e. The van der Waals surface area contributed by atoms with Crippen LogP contribution < -0.4 is 15.4 Å². The van der Waals surface area contributed by atoms with E-state index in [1.165, 1.54) is 25.9 Å². The normalized spacial score (nSPS) is 18.9. The van der Waals surface area contributed by atoms with Crippen molar-refractivity contribution in [2.75, 3.05) is 26.7 Å². The van der Waals surface area contributed by atoms with E-state index in [0.717, 1.165) is 37.0 Å². The Hall–Kier alpha value is -1.22. The maximum atomic E-state index is 10.2. The second kappa shape index (κ2) is 10.2. The van der Waals surface area contributed by atoms with Crippen LogP contribution in [0, 0.1) is 0 Å². The molecule has 0 unspecified atom stereocenters. The van der Waals surface area contributed by atoms with Gasteiger partial charge in [-0.25, -0.2) is 4.99 Å². The molecule has 6 nitrogen and oxygen atoms in total. The molecule has 26 heavy (non-hydrogen) atoms. The predicted octanol–water partition coefficient (Wildman–Crippen LogP) is 2.70. The van der Waals surface area contributed by atoms with Crippen LogP contribution in [0.15, 0.2) is 23.2 Å². The van der Waals surface area contributed by atoms with Gasteiger partial charge in [-0.15, -0.1) is 24.0 Å². The zero-order valence-corrected chi connectivity index (χ0v) is 18.0. The average molecular weight is 474 g/mol. The molecule has 2 aliphatic rings. The van der Waals surface area contributed by atoms with Gasteiger partial charge in [-0.1, -0.05) is 12.1 Å². The van der Waals surface area contributed by atoms with Crippen LogP contribution >= 0.6 is 24.0 Å². The summed E-state index contributed by atoms with van der Waals surface area (Å²) in [5.74, 6) is 1.47. The van der Waals surface area contributed by atoms with E-state index in [4.69, 9.17) is 4.74 Å². The zero-order chi connectivity index (χ0) is 17.6. The highest BCUT2D eigenvalue weighted by Gasteiger charge is 2.31. The number of hydrogen-bond donors (Lipinski definition) is 3. The number of guanidine groups is 1. The largest absolute Gasteiger partial charge is 0.504 e. The first-order valence-electron chi connectivity index (χ1n) is 9.35. The smallest absolute Gasteiger partial charge is 0.191 e. The molecular weight excluding hydrogens is 443 g/mol. The summed E-state index contributed by atoms with van der Waals surface area (Å²) in [6, 6.07) is 6.82. The van der Waals surface area contributed by atoms with Crippen molar-refractivity contribution in [1.29, 1.82) is 0 Å². The Bertz CT molecular complexity index is 599. The minimum Gasteiger partial charge on any atom is -0.504 e. The third kappa shape index (κ3) is 5.64. The van der Waals surface area contributed by atoms with Crippen molar-refractivity contribution in [3.05, 3.63) is 23.8 Å². The number of halogens is 1. The number of aliphatic imine (C=N–C) groups is 1. The highest BCUT2D eigenvalue weighted by Crippen LogP contribution is 2.30. The molecule has 1 saturated carbocycles. The first kappa shape index (κ1) is 21.1. The second-order valence-electron chi connectivity index (χ2n) is 6.85. The molecule has 0 spiro atoms. The van der Waals surface area contributed by atoms with E-state index in [1.807, 2.05) is 12.1 Å². The fraction of sp³-hybridized carbons (Fsp3) is 0.632. The lowest BCUT2D eigenvalue weighted by atomic mass is 10.1. The molecular formula is C19H31IN4O2. The minimum absolute atomic E-state index is 0. The number of aromatic hydroxyl groups is 1. The molecule has 7 heteroatoms. The second-order valence-corrected chi connectivity index (χ2v) is 6.85. The zero-order valence-electron chi connectivity index (χ0n) is 15.7. The van der Waals surface area contributed by atoms with Crippen molar-refractivity contribution in [1.82, 2.24) is 15.5 Å². The van der Waals surface area contributed by atoms with Crippen LogP contribution in [0.3, 0.4) is 0 Å². The summed E-state index contributed by atoms with van der Waals surface area (Å²) < 4.78 is 5.16. The quantitative estimate of drug-likeness (QED) is 0.336. The molecule has 0 aromatic heterocycles. The third-order valence-electron chi connectivity index (χ3n) is 4.99. The molecule has 0 atom stereocenters. The number of methoxy groups -OCH3 is 1. The number of phenolic OH excluding ortho intramolecular Hbond substituents is 1. The molecule has 3 rings (SSSR count). The number of piperidine rings is 1. The van der Waals surface area contributed by atoms with Gasteiger partial charge in [0, 0.05) is 37.3 Å². The van der Waals surface area contributed by atoms with Gasteiger partial charge in [-0.05, 0) is 38.7 Å². The Morgan fingerprint density at radius 2 is 2.00 bits per heavy atom. The summed E-state index contributed by atoms with van der Waals surface area (Å²) in [5, 5.41) is 17.1. The predicted molar refractivity (Wildman–Crippen MR) is 116 cm³/mol. The lowest BCUT2D eigenvalue weighted by Gasteiger charge is -2.33. The molecule has 1 aliphatic carbocycles. The van der Waals surface area contributed by atoms with E-state index in [2.05, 4.69) is 27.4 Å². The fourth-order valence-electron chi connectivity index (χ4n) is 3.39. The van der Waals surface area contributed by atoms with Crippen LogP contribution in [0.2, 0.25) is 0 Å². The Morgan fingerprint density at radius 3 is 2.62 bits per heavy atom. The molecule has 0 bridgehead atoms. The fourth-order valence-corrected chi connectivity index (χ4v) is 3.39. The first-order chi connectivity index (χ1) is 12.2. The van der Waals surface area contributed by atoms with Crippen LogP contribution in [0.1, 0.15) is 38.2 Å². The van der Waals surface area contributed by atoms with E-state index in [0.29, 0.717) is 18.3 Å². The summed E-state index contributed by atoms with van der Waals surface area (Å²) in [6.45, 7) is 5.66. The van der Waals surface area contributed by atoms with Crippen LogP contribution in [0.5, 0.6) is 11.5 Å². The maximum absolute atomic E-state index is 10.2. The number of hydrogen-bond acceptors (Lipinski definition) is 4. The lowest BCUT2D eigenvalue weighted by molar-refractivity contribution is 0.197. The van der Waals surface area contributed by atoms with E-state index in [-0.39, 0.29) is 29.7 Å². The van der Waals surface area contributed by atoms with Crippen LogP contribution in [-0.4, -0.2) is 54.8 Å². The Morgan fingerprint density at radius 1 is 1.27 bits per heavy atom. The summed E-state index contributed by atoms with van der Waals surface area (Å²) >= 11 is 0. The Balaban J connectivity index is 0.00000243. The summed E-state index contributed by atoms with van der Waals surface area (Å²) in [7, 11) is 1.56. The van der Waals surface area contributed by atoms with Crippen molar-refractivity contribution in [2.45, 2.75) is 51.2 Å². The van der Waals surface area contributed by atoms with Gasteiger partial charge in [0.1, 0.15) is 0 Å². The monoisotopic (exact) mass is 474 g/mol. The highest BCUT2D eigenvalue weighted by molar-refractivity contribution is 14.0. The van der Waals surface area contributed by atoms with Crippen molar-refractivity contribution in [3.8, 4) is 11.5 Å². The molecule has 2 fully saturated rings. The van der Waals surface area contributed by atoms with Gasteiger partial charge in [0.25, 0.3) is 0 Å². The van der Waals surface area contributed by atoms with Crippen LogP contribution in [-0.2, 0) is 6.54 Å². The molecule has 3 N–H and O–H groups in total. The average Bonchev–Trinajstić information content (AvgIpc) is 3.47. The van der Waals surface area contributed by atoms with E-state index in [1.54, 1.807) is 13.2 Å². The van der Waals surface area contributed by atoms with Gasteiger partial charge < -0.3 is 25.4 Å². The number of ether oxygens (including phenoxy) is 1. The molecule has 1 saturated heterocycles. The third-order valence-corrected chi connectivity index (χ3v) is 4.99. The van der Waals surface area contributed by atoms with Crippen molar-refractivity contribution >= 4 is 29.9 Å². The molecule has 1 aliphatic heterocycles. The van der Waals surface area contributed by atoms with Gasteiger partial charge in [-0.3, -0.25) is 0 Å². The molecule has 1 aromatic carbocycles. The minimum atomic E-state index is 0. The topological polar surface area (TPSA) is 69.1 Å². The first-order valence-corrected chi connectivity index (χ1v) is 9.35. The van der Waals surface area contributed by atoms with E-state index >= 15 is 0 Å². The molecule has 1 aromatic rings. The number of rotatable bonds is 6. The SMILES string of the molecule is CCNC(=NCc1cccc(OC)c1O)NC1CCN(C2CC2)CC1.I. The number of para-hydroxylation sites is 1. The molecule has 146 valence electrons. The van der Waals surface area contributed by atoms with Crippen molar-refractivity contribution in [3.63, 3.8) is 0 Å². The lowest BCUT2D eigenvalue weighted by Crippen LogP contribution is -2.49. The van der Waals surface area contributed by atoms with Gasteiger partial charge in [0.2, 0.25) is 0 Å². The van der Waals surface area contributed by atoms with E-state index < -0.39 is 0 Å². The summed E-state index contributed by atoms with van der Waals surface area (Å²) in [5.41, 5.74) is 0.764. The van der Waals surface area contributed by atoms with E-state index in [9.17, 15) is 5.11 Å². The van der Waals surface area contributed by atoms with Crippen LogP contribution in [0.25, 0.3) is 0 Å². The summed E-state index contributed by atoms with van der Waals surface area (Å²) in [4.78, 5) is 7.27. The molecule has 0 amide bonds.